The van der Waals surface area contributed by atoms with E-state index in [-0.39, 0.29) is 11.9 Å². The predicted octanol–water partition coefficient (Wildman–Crippen LogP) is 2.16. The lowest BCUT2D eigenvalue weighted by molar-refractivity contribution is -0.123. The molecule has 0 fully saturated rings. The second-order valence-electron chi connectivity index (χ2n) is 4.34. The molecule has 3 nitrogen and oxygen atoms in total. The standard InChI is InChI=1S/C14H22N2O/c1-4-11-6-8-12(9-7-11)10(3)16-14(17)13(15)5-2/h6-10,13H,4-5,15H2,1-3H3,(H,16,17)/t10?,13-/m0/s1. The van der Waals surface area contributed by atoms with E-state index in [1.165, 1.54) is 5.56 Å². The maximum Gasteiger partial charge on any atom is 0.237 e. The Bertz CT molecular complexity index is 359. The highest BCUT2D eigenvalue weighted by Crippen LogP contribution is 2.13. The minimum absolute atomic E-state index is 0.00556. The van der Waals surface area contributed by atoms with Crippen molar-refractivity contribution >= 4 is 5.91 Å². The quantitative estimate of drug-likeness (QED) is 0.820. The summed E-state index contributed by atoms with van der Waals surface area (Å²) in [6.07, 6.45) is 1.69. The maximum absolute atomic E-state index is 11.6. The van der Waals surface area contributed by atoms with Gasteiger partial charge in [-0.1, -0.05) is 38.1 Å². The topological polar surface area (TPSA) is 55.1 Å². The molecule has 94 valence electrons. The molecule has 0 aliphatic rings. The SMILES string of the molecule is CCc1ccc(C(C)NC(=O)[C@@H](N)CC)cc1. The number of amides is 1. The Morgan fingerprint density at radius 1 is 1.29 bits per heavy atom. The van der Waals surface area contributed by atoms with E-state index in [0.29, 0.717) is 6.42 Å². The molecule has 2 atom stereocenters. The lowest BCUT2D eigenvalue weighted by Gasteiger charge is -2.17. The highest BCUT2D eigenvalue weighted by molar-refractivity contribution is 5.81. The van der Waals surface area contributed by atoms with Crippen molar-refractivity contribution in [3.63, 3.8) is 0 Å². The zero-order chi connectivity index (χ0) is 12.8. The fraction of sp³-hybridized carbons (Fsp3) is 0.500. The molecule has 0 bridgehead atoms. The van der Waals surface area contributed by atoms with Gasteiger partial charge in [0, 0.05) is 0 Å². The van der Waals surface area contributed by atoms with Crippen LogP contribution >= 0.6 is 0 Å². The van der Waals surface area contributed by atoms with Crippen LogP contribution < -0.4 is 11.1 Å². The number of nitrogens with two attached hydrogens (primary N) is 1. The van der Waals surface area contributed by atoms with Gasteiger partial charge in [0.2, 0.25) is 5.91 Å². The van der Waals surface area contributed by atoms with E-state index in [0.717, 1.165) is 12.0 Å². The van der Waals surface area contributed by atoms with Crippen molar-refractivity contribution in [3.05, 3.63) is 35.4 Å². The molecular weight excluding hydrogens is 212 g/mol. The molecule has 1 aromatic carbocycles. The van der Waals surface area contributed by atoms with E-state index in [9.17, 15) is 4.79 Å². The zero-order valence-corrected chi connectivity index (χ0v) is 10.9. The third-order valence-corrected chi connectivity index (χ3v) is 3.02. The van der Waals surface area contributed by atoms with E-state index < -0.39 is 6.04 Å². The molecule has 1 amide bonds. The molecule has 1 aromatic rings. The van der Waals surface area contributed by atoms with Gasteiger partial charge in [-0.2, -0.15) is 0 Å². The van der Waals surface area contributed by atoms with Gasteiger partial charge in [-0.15, -0.1) is 0 Å². The normalized spacial score (nSPS) is 14.1. The molecule has 0 radical (unpaired) electrons. The Balaban J connectivity index is 2.63. The summed E-state index contributed by atoms with van der Waals surface area (Å²) < 4.78 is 0. The van der Waals surface area contributed by atoms with Gasteiger partial charge in [0.15, 0.2) is 0 Å². The van der Waals surface area contributed by atoms with Crippen LogP contribution in [0.25, 0.3) is 0 Å². The Labute approximate surface area is 103 Å². The molecule has 0 spiro atoms. The Hall–Kier alpha value is -1.35. The second-order valence-corrected chi connectivity index (χ2v) is 4.34. The summed E-state index contributed by atoms with van der Waals surface area (Å²) in [4.78, 5) is 11.6. The molecular formula is C14H22N2O. The van der Waals surface area contributed by atoms with Gasteiger partial charge in [-0.05, 0) is 30.9 Å². The van der Waals surface area contributed by atoms with Crippen LogP contribution in [0.2, 0.25) is 0 Å². The summed E-state index contributed by atoms with van der Waals surface area (Å²) in [5.41, 5.74) is 8.09. The van der Waals surface area contributed by atoms with E-state index in [1.807, 2.05) is 13.8 Å². The Morgan fingerprint density at radius 3 is 2.35 bits per heavy atom. The van der Waals surface area contributed by atoms with Gasteiger partial charge >= 0.3 is 0 Å². The van der Waals surface area contributed by atoms with Crippen LogP contribution in [0.5, 0.6) is 0 Å². The number of nitrogens with one attached hydrogen (secondary N) is 1. The maximum atomic E-state index is 11.6. The monoisotopic (exact) mass is 234 g/mol. The number of aryl methyl sites for hydroxylation is 1. The Morgan fingerprint density at radius 2 is 1.88 bits per heavy atom. The minimum atomic E-state index is -0.410. The molecule has 1 rings (SSSR count). The molecule has 1 unspecified atom stereocenters. The summed E-state index contributed by atoms with van der Waals surface area (Å²) in [5, 5.41) is 2.92. The van der Waals surface area contributed by atoms with E-state index in [2.05, 4.69) is 36.5 Å². The molecule has 0 aliphatic carbocycles. The van der Waals surface area contributed by atoms with E-state index in [4.69, 9.17) is 5.73 Å². The smallest absolute Gasteiger partial charge is 0.237 e. The molecule has 0 aromatic heterocycles. The summed E-state index contributed by atoms with van der Waals surface area (Å²) in [6, 6.07) is 7.90. The average Bonchev–Trinajstić information content (AvgIpc) is 2.37. The van der Waals surface area contributed by atoms with Crippen LogP contribution in [0.3, 0.4) is 0 Å². The minimum Gasteiger partial charge on any atom is -0.348 e. The molecule has 3 N–H and O–H groups in total. The van der Waals surface area contributed by atoms with Gasteiger partial charge in [0.05, 0.1) is 12.1 Å². The van der Waals surface area contributed by atoms with Crippen molar-refractivity contribution in [2.24, 2.45) is 5.73 Å². The largest absolute Gasteiger partial charge is 0.348 e. The molecule has 3 heteroatoms. The summed E-state index contributed by atoms with van der Waals surface area (Å²) >= 11 is 0. The van der Waals surface area contributed by atoms with Crippen LogP contribution in [0, 0.1) is 0 Å². The van der Waals surface area contributed by atoms with Crippen LogP contribution in [0.4, 0.5) is 0 Å². The zero-order valence-electron chi connectivity index (χ0n) is 10.9. The first-order chi connectivity index (χ1) is 8.08. The van der Waals surface area contributed by atoms with Crippen molar-refractivity contribution in [2.75, 3.05) is 0 Å². The predicted molar refractivity (Wildman–Crippen MR) is 70.6 cm³/mol. The number of hydrogen-bond acceptors (Lipinski definition) is 2. The molecule has 17 heavy (non-hydrogen) atoms. The number of benzene rings is 1. The summed E-state index contributed by atoms with van der Waals surface area (Å²) in [6.45, 7) is 6.01. The van der Waals surface area contributed by atoms with Gasteiger partial charge in [0.25, 0.3) is 0 Å². The second kappa shape index (κ2) is 6.40. The first-order valence-electron chi connectivity index (χ1n) is 6.23. The fourth-order valence-electron chi connectivity index (χ4n) is 1.63. The lowest BCUT2D eigenvalue weighted by atomic mass is 10.0. The Kier molecular flexibility index (Phi) is 5.16. The van der Waals surface area contributed by atoms with E-state index >= 15 is 0 Å². The third kappa shape index (κ3) is 3.86. The highest BCUT2D eigenvalue weighted by atomic mass is 16.2. The van der Waals surface area contributed by atoms with Crippen molar-refractivity contribution in [2.45, 2.75) is 45.7 Å². The van der Waals surface area contributed by atoms with Gasteiger partial charge in [-0.3, -0.25) is 4.79 Å². The molecule has 0 heterocycles. The van der Waals surface area contributed by atoms with Crippen molar-refractivity contribution in [1.82, 2.24) is 5.32 Å². The number of hydrogen-bond donors (Lipinski definition) is 2. The van der Waals surface area contributed by atoms with Gasteiger partial charge in [0.1, 0.15) is 0 Å². The first-order valence-corrected chi connectivity index (χ1v) is 6.23. The highest BCUT2D eigenvalue weighted by Gasteiger charge is 2.14. The van der Waals surface area contributed by atoms with Crippen LogP contribution in [-0.2, 0) is 11.2 Å². The summed E-state index contributed by atoms with van der Waals surface area (Å²) in [7, 11) is 0. The van der Waals surface area contributed by atoms with Gasteiger partial charge in [-0.25, -0.2) is 0 Å². The van der Waals surface area contributed by atoms with Crippen molar-refractivity contribution < 1.29 is 4.79 Å². The molecule has 0 saturated carbocycles. The van der Waals surface area contributed by atoms with Crippen LogP contribution in [-0.4, -0.2) is 11.9 Å². The van der Waals surface area contributed by atoms with E-state index in [1.54, 1.807) is 0 Å². The number of carbonyl (C=O) groups excluding carboxylic acids is 1. The van der Waals surface area contributed by atoms with Gasteiger partial charge < -0.3 is 11.1 Å². The number of carbonyl (C=O) groups is 1. The van der Waals surface area contributed by atoms with Crippen LogP contribution in [0.15, 0.2) is 24.3 Å². The van der Waals surface area contributed by atoms with Crippen LogP contribution in [0.1, 0.15) is 44.4 Å². The third-order valence-electron chi connectivity index (χ3n) is 3.02. The molecule has 0 saturated heterocycles. The summed E-state index contributed by atoms with van der Waals surface area (Å²) in [5.74, 6) is -0.0837. The molecule has 0 aliphatic heterocycles. The lowest BCUT2D eigenvalue weighted by Crippen LogP contribution is -2.41. The average molecular weight is 234 g/mol. The van der Waals surface area contributed by atoms with Crippen molar-refractivity contribution in [3.8, 4) is 0 Å². The van der Waals surface area contributed by atoms with Crippen molar-refractivity contribution in [1.29, 1.82) is 0 Å². The number of rotatable bonds is 5. The first kappa shape index (κ1) is 13.7. The fourth-order valence-corrected chi connectivity index (χ4v) is 1.63.